The third kappa shape index (κ3) is 5.29. The lowest BCUT2D eigenvalue weighted by atomic mass is 9.87. The van der Waals surface area contributed by atoms with E-state index in [2.05, 4.69) is 31.1 Å². The molecule has 6 nitrogen and oxygen atoms in total. The maximum absolute atomic E-state index is 12.0. The van der Waals surface area contributed by atoms with Gasteiger partial charge in [0.15, 0.2) is 11.7 Å². The van der Waals surface area contributed by atoms with Crippen molar-refractivity contribution >= 4 is 28.3 Å². The van der Waals surface area contributed by atoms with Crippen molar-refractivity contribution < 1.29 is 19.1 Å². The number of esters is 1. The topological polar surface area (TPSA) is 77.5 Å². The number of hydrogen-bond acceptors (Lipinski definition) is 6. The maximum atomic E-state index is 12.0. The van der Waals surface area contributed by atoms with E-state index in [9.17, 15) is 9.59 Å². The summed E-state index contributed by atoms with van der Waals surface area (Å²) in [6, 6.07) is 7.67. The molecule has 0 unspecified atom stereocenters. The highest BCUT2D eigenvalue weighted by Crippen LogP contribution is 2.25. The van der Waals surface area contributed by atoms with E-state index in [1.807, 2.05) is 24.3 Å². The molecule has 0 aliphatic rings. The maximum Gasteiger partial charge on any atom is 0.350 e. The van der Waals surface area contributed by atoms with Gasteiger partial charge < -0.3 is 9.47 Å². The summed E-state index contributed by atoms with van der Waals surface area (Å²) in [5, 5.41) is 2.99. The summed E-state index contributed by atoms with van der Waals surface area (Å²) in [5.74, 6) is -0.150. The zero-order chi connectivity index (χ0) is 19.3. The number of thiazole rings is 1. The van der Waals surface area contributed by atoms with Crippen LogP contribution in [0.5, 0.6) is 5.75 Å². The number of nitrogens with one attached hydrogen (secondary N) is 1. The molecule has 140 valence electrons. The monoisotopic (exact) mass is 376 g/mol. The van der Waals surface area contributed by atoms with Crippen molar-refractivity contribution in [1.82, 2.24) is 4.98 Å². The molecule has 1 N–H and O–H groups in total. The fraction of sp³-hybridized carbons (Fsp3) is 0.421. The second-order valence-electron chi connectivity index (χ2n) is 6.77. The van der Waals surface area contributed by atoms with E-state index in [0.29, 0.717) is 28.1 Å². The van der Waals surface area contributed by atoms with E-state index < -0.39 is 5.97 Å². The first-order valence-corrected chi connectivity index (χ1v) is 9.20. The van der Waals surface area contributed by atoms with Gasteiger partial charge in [0.25, 0.3) is 5.91 Å². The minimum Gasteiger partial charge on any atom is -0.484 e. The molecule has 0 aliphatic carbocycles. The molecule has 1 amide bonds. The predicted octanol–water partition coefficient (Wildman–Crippen LogP) is 3.94. The number of anilines is 1. The molecule has 2 rings (SSSR count). The molecule has 0 bridgehead atoms. The minimum atomic E-state index is -0.432. The van der Waals surface area contributed by atoms with E-state index >= 15 is 0 Å². The molecule has 0 saturated carbocycles. The van der Waals surface area contributed by atoms with E-state index in [-0.39, 0.29) is 17.9 Å². The lowest BCUT2D eigenvalue weighted by Crippen LogP contribution is -2.20. The molecule has 0 radical (unpaired) electrons. The first kappa shape index (κ1) is 19.9. The number of rotatable bonds is 6. The Morgan fingerprint density at radius 2 is 1.85 bits per heavy atom. The van der Waals surface area contributed by atoms with Crippen molar-refractivity contribution in [2.24, 2.45) is 0 Å². The Labute approximate surface area is 157 Å². The Hall–Kier alpha value is -2.41. The zero-order valence-corrected chi connectivity index (χ0v) is 16.5. The minimum absolute atomic E-state index is 0.0647. The third-order valence-electron chi connectivity index (χ3n) is 3.59. The molecule has 2 aromatic rings. The molecule has 1 aromatic carbocycles. The molecule has 7 heteroatoms. The number of ether oxygens (including phenoxy) is 2. The van der Waals surface area contributed by atoms with Crippen LogP contribution in [0.1, 0.15) is 48.6 Å². The molecule has 0 fully saturated rings. The first-order valence-electron chi connectivity index (χ1n) is 8.38. The molecule has 0 atom stereocenters. The molecule has 1 aromatic heterocycles. The molecular weight excluding hydrogens is 352 g/mol. The smallest absolute Gasteiger partial charge is 0.350 e. The van der Waals surface area contributed by atoms with Gasteiger partial charge in [0.05, 0.1) is 12.3 Å². The summed E-state index contributed by atoms with van der Waals surface area (Å²) >= 11 is 1.09. The number of aryl methyl sites for hydroxylation is 1. The largest absolute Gasteiger partial charge is 0.484 e. The summed E-state index contributed by atoms with van der Waals surface area (Å²) in [4.78, 5) is 28.4. The van der Waals surface area contributed by atoms with Gasteiger partial charge in [-0.15, -0.1) is 0 Å². The number of aromatic nitrogens is 1. The first-order chi connectivity index (χ1) is 12.2. The van der Waals surface area contributed by atoms with Gasteiger partial charge in [-0.1, -0.05) is 44.2 Å². The van der Waals surface area contributed by atoms with E-state index in [4.69, 9.17) is 9.47 Å². The number of amides is 1. The molecule has 1 heterocycles. The number of benzene rings is 1. The summed E-state index contributed by atoms with van der Waals surface area (Å²) < 4.78 is 10.5. The highest BCUT2D eigenvalue weighted by Gasteiger charge is 2.18. The van der Waals surface area contributed by atoms with Crippen molar-refractivity contribution in [3.8, 4) is 5.75 Å². The average Bonchev–Trinajstić information content (AvgIpc) is 2.93. The zero-order valence-electron chi connectivity index (χ0n) is 15.7. The van der Waals surface area contributed by atoms with Gasteiger partial charge >= 0.3 is 5.97 Å². The molecule has 0 aliphatic heterocycles. The van der Waals surface area contributed by atoms with Crippen molar-refractivity contribution in [3.05, 3.63) is 40.4 Å². The SMILES string of the molecule is CCOC(=O)c1sc(NC(=O)COc2ccc(C(C)(C)C)cc2)nc1C. The van der Waals surface area contributed by atoms with Crippen LogP contribution in [0.2, 0.25) is 0 Å². The van der Waals surface area contributed by atoms with Gasteiger partial charge in [0, 0.05) is 0 Å². The average molecular weight is 376 g/mol. The third-order valence-corrected chi connectivity index (χ3v) is 4.65. The van der Waals surface area contributed by atoms with Crippen LogP contribution in [0.3, 0.4) is 0 Å². The summed E-state index contributed by atoms with van der Waals surface area (Å²) in [5.41, 5.74) is 1.79. The van der Waals surface area contributed by atoms with Crippen LogP contribution in [0, 0.1) is 6.92 Å². The van der Waals surface area contributed by atoms with Crippen molar-refractivity contribution in [3.63, 3.8) is 0 Å². The Morgan fingerprint density at radius 1 is 1.19 bits per heavy atom. The van der Waals surface area contributed by atoms with E-state index in [1.54, 1.807) is 13.8 Å². The van der Waals surface area contributed by atoms with Gasteiger partial charge in [0.1, 0.15) is 10.6 Å². The summed E-state index contributed by atoms with van der Waals surface area (Å²) in [6.07, 6.45) is 0. The van der Waals surface area contributed by atoms with Gasteiger partial charge in [-0.2, -0.15) is 0 Å². The highest BCUT2D eigenvalue weighted by atomic mass is 32.1. The number of carbonyl (C=O) groups excluding carboxylic acids is 2. The Kier molecular flexibility index (Phi) is 6.37. The standard InChI is InChI=1S/C19H24N2O4S/c1-6-24-17(23)16-12(2)20-18(26-16)21-15(22)11-25-14-9-7-13(8-10-14)19(3,4)5/h7-10H,6,11H2,1-5H3,(H,20,21,22). The van der Waals surface area contributed by atoms with Crippen LogP contribution >= 0.6 is 11.3 Å². The molecule has 0 spiro atoms. The Morgan fingerprint density at radius 3 is 2.42 bits per heavy atom. The summed E-state index contributed by atoms with van der Waals surface area (Å²) in [6.45, 7) is 10.0. The number of nitrogens with zero attached hydrogens (tertiary/aromatic N) is 1. The quantitative estimate of drug-likeness (QED) is 0.773. The van der Waals surface area contributed by atoms with E-state index in [1.165, 1.54) is 5.56 Å². The van der Waals surface area contributed by atoms with Crippen LogP contribution in [-0.2, 0) is 14.9 Å². The second-order valence-corrected chi connectivity index (χ2v) is 7.76. The Balaban J connectivity index is 1.91. The fourth-order valence-corrected chi connectivity index (χ4v) is 3.07. The van der Waals surface area contributed by atoms with Gasteiger partial charge in [-0.25, -0.2) is 9.78 Å². The van der Waals surface area contributed by atoms with Crippen molar-refractivity contribution in [2.75, 3.05) is 18.5 Å². The van der Waals surface area contributed by atoms with E-state index in [0.717, 1.165) is 11.3 Å². The summed E-state index contributed by atoms with van der Waals surface area (Å²) in [7, 11) is 0. The van der Waals surface area contributed by atoms with Crippen LogP contribution < -0.4 is 10.1 Å². The predicted molar refractivity (Wildman–Crippen MR) is 102 cm³/mol. The highest BCUT2D eigenvalue weighted by molar-refractivity contribution is 7.17. The van der Waals surface area contributed by atoms with Gasteiger partial charge in [-0.05, 0) is 37.0 Å². The van der Waals surface area contributed by atoms with Gasteiger partial charge in [-0.3, -0.25) is 10.1 Å². The van der Waals surface area contributed by atoms with Crippen molar-refractivity contribution in [1.29, 1.82) is 0 Å². The van der Waals surface area contributed by atoms with Crippen LogP contribution in [-0.4, -0.2) is 30.1 Å². The van der Waals surface area contributed by atoms with Gasteiger partial charge in [0.2, 0.25) is 0 Å². The van der Waals surface area contributed by atoms with Crippen molar-refractivity contribution in [2.45, 2.75) is 40.0 Å². The molecule has 0 saturated heterocycles. The fourth-order valence-electron chi connectivity index (χ4n) is 2.19. The normalized spacial score (nSPS) is 11.1. The Bertz CT molecular complexity index is 776. The lowest BCUT2D eigenvalue weighted by molar-refractivity contribution is -0.118. The van der Waals surface area contributed by atoms with Crippen LogP contribution in [0.4, 0.5) is 5.13 Å². The molecule has 26 heavy (non-hydrogen) atoms. The van der Waals surface area contributed by atoms with Crippen LogP contribution in [0.25, 0.3) is 0 Å². The molecular formula is C19H24N2O4S. The second kappa shape index (κ2) is 8.31. The van der Waals surface area contributed by atoms with Crippen LogP contribution in [0.15, 0.2) is 24.3 Å². The number of hydrogen-bond donors (Lipinski definition) is 1. The number of carbonyl (C=O) groups is 2. The lowest BCUT2D eigenvalue weighted by Gasteiger charge is -2.19.